The average Bonchev–Trinajstić information content (AvgIpc) is 2.68. The molecule has 3 aromatic rings. The first-order chi connectivity index (χ1) is 9.13. The number of hydrogen-bond acceptors (Lipinski definition) is 4. The van der Waals surface area contributed by atoms with Gasteiger partial charge in [0.15, 0.2) is 5.58 Å². The molecule has 0 saturated heterocycles. The molecular formula is C14H12N2O3. The molecule has 5 heteroatoms. The maximum absolute atomic E-state index is 11.8. The Kier molecular flexibility index (Phi) is 2.52. The second kappa shape index (κ2) is 4.20. The zero-order chi connectivity index (χ0) is 13.4. The molecule has 0 spiro atoms. The summed E-state index contributed by atoms with van der Waals surface area (Å²) in [6.45, 7) is 0.385. The number of nitrogens with zero attached hydrogens (tertiary/aromatic N) is 1. The van der Waals surface area contributed by atoms with Gasteiger partial charge in [0.2, 0.25) is 0 Å². The number of phenolic OH excluding ortho intramolecular Hbond substituents is 1. The van der Waals surface area contributed by atoms with E-state index < -0.39 is 5.76 Å². The van der Waals surface area contributed by atoms with Crippen LogP contribution in [0.4, 0.5) is 5.69 Å². The van der Waals surface area contributed by atoms with Crippen LogP contribution in [0.25, 0.3) is 11.1 Å². The summed E-state index contributed by atoms with van der Waals surface area (Å²) in [6, 6.07) is 11.8. The number of nitrogens with two attached hydrogens (primary N) is 1. The first-order valence-corrected chi connectivity index (χ1v) is 5.80. The van der Waals surface area contributed by atoms with Gasteiger partial charge in [-0.05, 0) is 29.8 Å². The topological polar surface area (TPSA) is 81.4 Å². The molecule has 1 aromatic heterocycles. The van der Waals surface area contributed by atoms with Gasteiger partial charge in [-0.3, -0.25) is 4.57 Å². The van der Waals surface area contributed by atoms with Crippen molar-refractivity contribution in [3.8, 4) is 5.75 Å². The molecular weight excluding hydrogens is 244 g/mol. The lowest BCUT2D eigenvalue weighted by Crippen LogP contribution is -2.14. The van der Waals surface area contributed by atoms with Crippen molar-refractivity contribution in [2.24, 2.45) is 0 Å². The molecule has 96 valence electrons. The molecule has 2 aromatic carbocycles. The first kappa shape index (κ1) is 11.4. The standard InChI is InChI=1S/C14H12N2O3/c15-10-3-6-12-13(7-10)19-14(18)16(12)8-9-1-4-11(17)5-2-9/h1-7,17H,8,15H2. The third kappa shape index (κ3) is 2.06. The number of nitrogen functional groups attached to an aromatic ring is 1. The van der Waals surface area contributed by atoms with Crippen LogP contribution in [0.3, 0.4) is 0 Å². The number of aromatic hydroxyl groups is 1. The van der Waals surface area contributed by atoms with E-state index in [2.05, 4.69) is 0 Å². The molecule has 0 radical (unpaired) electrons. The van der Waals surface area contributed by atoms with Crippen molar-refractivity contribution in [1.29, 1.82) is 0 Å². The van der Waals surface area contributed by atoms with E-state index in [0.717, 1.165) is 5.56 Å². The molecule has 19 heavy (non-hydrogen) atoms. The van der Waals surface area contributed by atoms with Crippen LogP contribution in [0.1, 0.15) is 5.56 Å². The summed E-state index contributed by atoms with van der Waals surface area (Å²) < 4.78 is 6.68. The van der Waals surface area contributed by atoms with Gasteiger partial charge < -0.3 is 15.3 Å². The highest BCUT2D eigenvalue weighted by molar-refractivity contribution is 5.76. The summed E-state index contributed by atoms with van der Waals surface area (Å²) in [5.41, 5.74) is 8.29. The van der Waals surface area contributed by atoms with Crippen LogP contribution in [-0.4, -0.2) is 9.67 Å². The van der Waals surface area contributed by atoms with E-state index in [1.54, 1.807) is 42.5 Å². The average molecular weight is 256 g/mol. The van der Waals surface area contributed by atoms with Crippen LogP contribution in [0.2, 0.25) is 0 Å². The molecule has 0 aliphatic heterocycles. The van der Waals surface area contributed by atoms with Gasteiger partial charge in [0.1, 0.15) is 5.75 Å². The fourth-order valence-corrected chi connectivity index (χ4v) is 2.02. The van der Waals surface area contributed by atoms with Gasteiger partial charge in [0.05, 0.1) is 12.1 Å². The Morgan fingerprint density at radius 1 is 1.16 bits per heavy atom. The van der Waals surface area contributed by atoms with Crippen molar-refractivity contribution in [2.45, 2.75) is 6.54 Å². The second-order valence-corrected chi connectivity index (χ2v) is 4.35. The SMILES string of the molecule is Nc1ccc2c(c1)oc(=O)n2Cc1ccc(O)cc1. The van der Waals surface area contributed by atoms with Gasteiger partial charge in [-0.25, -0.2) is 4.79 Å². The highest BCUT2D eigenvalue weighted by Gasteiger charge is 2.09. The predicted octanol–water partition coefficient (Wildman–Crippen LogP) is 1.93. The number of benzene rings is 2. The van der Waals surface area contributed by atoms with Crippen molar-refractivity contribution >= 4 is 16.8 Å². The minimum absolute atomic E-state index is 0.195. The normalized spacial score (nSPS) is 10.9. The van der Waals surface area contributed by atoms with Gasteiger partial charge in [-0.2, -0.15) is 0 Å². The number of fused-ring (bicyclic) bond motifs is 1. The highest BCUT2D eigenvalue weighted by atomic mass is 16.4. The van der Waals surface area contributed by atoms with E-state index in [9.17, 15) is 9.90 Å². The van der Waals surface area contributed by atoms with Gasteiger partial charge in [0, 0.05) is 11.8 Å². The lowest BCUT2D eigenvalue weighted by atomic mass is 10.2. The Balaban J connectivity index is 2.07. The minimum atomic E-state index is -0.423. The molecule has 0 amide bonds. The third-order valence-electron chi connectivity index (χ3n) is 2.97. The van der Waals surface area contributed by atoms with E-state index in [-0.39, 0.29) is 5.75 Å². The van der Waals surface area contributed by atoms with Gasteiger partial charge in [0.25, 0.3) is 0 Å². The first-order valence-electron chi connectivity index (χ1n) is 5.80. The monoisotopic (exact) mass is 256 g/mol. The highest BCUT2D eigenvalue weighted by Crippen LogP contribution is 2.18. The van der Waals surface area contributed by atoms with Crippen LogP contribution in [0, 0.1) is 0 Å². The lowest BCUT2D eigenvalue weighted by Gasteiger charge is -2.03. The number of oxazole rings is 1. The van der Waals surface area contributed by atoms with E-state index in [1.165, 1.54) is 4.57 Å². The molecule has 3 N–H and O–H groups in total. The molecule has 3 rings (SSSR count). The smallest absolute Gasteiger partial charge is 0.420 e. The van der Waals surface area contributed by atoms with Gasteiger partial charge >= 0.3 is 5.76 Å². The van der Waals surface area contributed by atoms with E-state index >= 15 is 0 Å². The third-order valence-corrected chi connectivity index (χ3v) is 2.97. The number of rotatable bonds is 2. The Hall–Kier alpha value is -2.69. The molecule has 0 atom stereocenters. The van der Waals surface area contributed by atoms with Gasteiger partial charge in [-0.15, -0.1) is 0 Å². The summed E-state index contributed by atoms with van der Waals surface area (Å²) in [5.74, 6) is -0.227. The molecule has 0 aliphatic carbocycles. The minimum Gasteiger partial charge on any atom is -0.508 e. The van der Waals surface area contributed by atoms with Crippen molar-refractivity contribution < 1.29 is 9.52 Å². The Labute approximate surface area is 108 Å². The quantitative estimate of drug-likeness (QED) is 0.686. The number of hydrogen-bond donors (Lipinski definition) is 2. The fraction of sp³-hybridized carbons (Fsp3) is 0.0714. The van der Waals surface area contributed by atoms with Gasteiger partial charge in [-0.1, -0.05) is 12.1 Å². The summed E-state index contributed by atoms with van der Waals surface area (Å²) >= 11 is 0. The van der Waals surface area contributed by atoms with Crippen LogP contribution in [0.5, 0.6) is 5.75 Å². The Morgan fingerprint density at radius 3 is 2.63 bits per heavy atom. The molecule has 5 nitrogen and oxygen atoms in total. The van der Waals surface area contributed by atoms with Crippen molar-refractivity contribution in [3.05, 3.63) is 58.6 Å². The van der Waals surface area contributed by atoms with Crippen molar-refractivity contribution in [1.82, 2.24) is 4.57 Å². The van der Waals surface area contributed by atoms with E-state index in [0.29, 0.717) is 23.3 Å². The lowest BCUT2D eigenvalue weighted by molar-refractivity contribution is 0.475. The summed E-state index contributed by atoms with van der Waals surface area (Å²) in [5, 5.41) is 9.24. The van der Waals surface area contributed by atoms with Crippen LogP contribution in [-0.2, 0) is 6.54 Å². The summed E-state index contributed by atoms with van der Waals surface area (Å²) in [6.07, 6.45) is 0. The van der Waals surface area contributed by atoms with Crippen LogP contribution >= 0.6 is 0 Å². The van der Waals surface area contributed by atoms with Crippen LogP contribution in [0.15, 0.2) is 51.7 Å². The molecule has 1 heterocycles. The zero-order valence-corrected chi connectivity index (χ0v) is 10.0. The van der Waals surface area contributed by atoms with E-state index in [1.807, 2.05) is 0 Å². The summed E-state index contributed by atoms with van der Waals surface area (Å²) in [4.78, 5) is 11.8. The Bertz CT molecular complexity index is 785. The van der Waals surface area contributed by atoms with E-state index in [4.69, 9.17) is 10.2 Å². The molecule has 0 fully saturated rings. The number of anilines is 1. The molecule has 0 bridgehead atoms. The fourth-order valence-electron chi connectivity index (χ4n) is 2.02. The van der Waals surface area contributed by atoms with Crippen LogP contribution < -0.4 is 11.5 Å². The Morgan fingerprint density at radius 2 is 1.89 bits per heavy atom. The summed E-state index contributed by atoms with van der Waals surface area (Å²) in [7, 11) is 0. The van der Waals surface area contributed by atoms with Crippen molar-refractivity contribution in [3.63, 3.8) is 0 Å². The van der Waals surface area contributed by atoms with Crippen molar-refractivity contribution in [2.75, 3.05) is 5.73 Å². The largest absolute Gasteiger partial charge is 0.508 e. The maximum Gasteiger partial charge on any atom is 0.420 e. The zero-order valence-electron chi connectivity index (χ0n) is 10.0. The second-order valence-electron chi connectivity index (χ2n) is 4.35. The predicted molar refractivity (Wildman–Crippen MR) is 72.1 cm³/mol. The number of aromatic nitrogens is 1. The maximum atomic E-state index is 11.8. The number of phenols is 1. The molecule has 0 saturated carbocycles. The molecule has 0 unspecified atom stereocenters. The molecule has 0 aliphatic rings.